The van der Waals surface area contributed by atoms with Crippen LogP contribution in [0.25, 0.3) is 0 Å². The summed E-state index contributed by atoms with van der Waals surface area (Å²) in [5.74, 6) is -3.76. The number of piperazine rings is 1. The van der Waals surface area contributed by atoms with Crippen LogP contribution in [0.3, 0.4) is 0 Å². The molecule has 1 saturated heterocycles. The average molecular weight is 404 g/mol. The van der Waals surface area contributed by atoms with Gasteiger partial charge in [0.1, 0.15) is 4.47 Å². The van der Waals surface area contributed by atoms with Crippen LogP contribution in [-0.4, -0.2) is 40.9 Å². The Balaban J connectivity index is 1.78. The molecule has 10 heteroatoms. The van der Waals surface area contributed by atoms with Gasteiger partial charge in [0.25, 0.3) is 11.5 Å². The Morgan fingerprint density at radius 2 is 1.71 bits per heavy atom. The summed E-state index contributed by atoms with van der Waals surface area (Å²) in [5.41, 5.74) is 0.375. The lowest BCUT2D eigenvalue weighted by molar-refractivity contribution is 0.461. The van der Waals surface area contributed by atoms with Gasteiger partial charge < -0.3 is 9.80 Å². The Morgan fingerprint density at radius 3 is 2.38 bits per heavy atom. The Bertz CT molecular complexity index is 836. The molecule has 0 radical (unpaired) electrons. The van der Waals surface area contributed by atoms with Crippen molar-refractivity contribution >= 4 is 27.4 Å². The van der Waals surface area contributed by atoms with Gasteiger partial charge in [-0.1, -0.05) is 0 Å². The van der Waals surface area contributed by atoms with Crippen LogP contribution in [0.15, 0.2) is 21.5 Å². The summed E-state index contributed by atoms with van der Waals surface area (Å²) in [5, 5.41) is 3.98. The third-order valence-corrected chi connectivity index (χ3v) is 4.59. The number of anilines is 2. The molecule has 0 aliphatic carbocycles. The molecule has 1 aliphatic rings. The van der Waals surface area contributed by atoms with E-state index < -0.39 is 17.6 Å². The van der Waals surface area contributed by atoms with Crippen LogP contribution < -0.4 is 15.4 Å². The van der Waals surface area contributed by atoms with E-state index in [-0.39, 0.29) is 11.4 Å². The summed E-state index contributed by atoms with van der Waals surface area (Å²) in [6, 6.07) is 0.492. The Labute approximate surface area is 143 Å². The van der Waals surface area contributed by atoms with Crippen molar-refractivity contribution in [2.75, 3.05) is 36.0 Å². The molecule has 0 N–H and O–H groups in total. The van der Waals surface area contributed by atoms with Crippen molar-refractivity contribution in [3.63, 3.8) is 0 Å². The van der Waals surface area contributed by atoms with Crippen LogP contribution in [0.1, 0.15) is 0 Å². The van der Waals surface area contributed by atoms with Crippen molar-refractivity contribution < 1.29 is 13.2 Å². The second-order valence-electron chi connectivity index (χ2n) is 5.31. The highest BCUT2D eigenvalue weighted by atomic mass is 79.9. The minimum absolute atomic E-state index is 0.213. The lowest BCUT2D eigenvalue weighted by Crippen LogP contribution is -2.47. The third kappa shape index (κ3) is 2.97. The van der Waals surface area contributed by atoms with Gasteiger partial charge in [0.2, 0.25) is 0 Å². The van der Waals surface area contributed by atoms with Crippen molar-refractivity contribution in [1.82, 2.24) is 14.8 Å². The van der Waals surface area contributed by atoms with Crippen LogP contribution in [0.2, 0.25) is 0 Å². The van der Waals surface area contributed by atoms with E-state index >= 15 is 0 Å². The highest BCUT2D eigenvalue weighted by molar-refractivity contribution is 9.10. The fourth-order valence-electron chi connectivity index (χ4n) is 2.54. The van der Waals surface area contributed by atoms with Gasteiger partial charge in [-0.15, -0.1) is 0 Å². The van der Waals surface area contributed by atoms with E-state index in [4.69, 9.17) is 0 Å². The fraction of sp³-hybridized carbons (Fsp3) is 0.357. The van der Waals surface area contributed by atoms with Crippen LogP contribution in [-0.2, 0) is 7.05 Å². The van der Waals surface area contributed by atoms with Crippen molar-refractivity contribution in [1.29, 1.82) is 0 Å². The SMILES string of the molecule is Cn1ncc(N2CCN(c3nc(F)c(F)cc3F)CC2)c(Br)c1=O. The number of hydrogen-bond acceptors (Lipinski definition) is 5. The van der Waals surface area contributed by atoms with E-state index in [2.05, 4.69) is 26.0 Å². The molecular formula is C14H13BrF3N5O. The summed E-state index contributed by atoms with van der Waals surface area (Å²) < 4.78 is 41.6. The molecule has 0 atom stereocenters. The van der Waals surface area contributed by atoms with Gasteiger partial charge >= 0.3 is 0 Å². The molecule has 0 bridgehead atoms. The van der Waals surface area contributed by atoms with E-state index in [1.54, 1.807) is 13.2 Å². The number of rotatable bonds is 2. The topological polar surface area (TPSA) is 54.3 Å². The zero-order valence-electron chi connectivity index (χ0n) is 12.6. The number of aromatic nitrogens is 3. The minimum Gasteiger partial charge on any atom is -0.366 e. The Hall–Kier alpha value is -2.10. The highest BCUT2D eigenvalue weighted by Gasteiger charge is 2.24. The van der Waals surface area contributed by atoms with E-state index in [0.29, 0.717) is 42.4 Å². The molecule has 3 heterocycles. The van der Waals surface area contributed by atoms with Crippen molar-refractivity contribution in [2.45, 2.75) is 0 Å². The average Bonchev–Trinajstić information content (AvgIpc) is 2.56. The van der Waals surface area contributed by atoms with Crippen LogP contribution in [0, 0.1) is 17.6 Å². The molecule has 0 amide bonds. The Morgan fingerprint density at radius 1 is 1.08 bits per heavy atom. The number of pyridine rings is 1. The van der Waals surface area contributed by atoms with Gasteiger partial charge in [-0.25, -0.2) is 13.5 Å². The molecule has 1 fully saturated rings. The molecule has 2 aromatic rings. The molecule has 0 saturated carbocycles. The standard InChI is InChI=1S/C14H13BrF3N5O/c1-21-14(24)11(15)10(7-19-21)22-2-4-23(5-3-22)13-9(17)6-8(16)12(18)20-13/h6-7H,2-5H2,1H3. The van der Waals surface area contributed by atoms with Gasteiger partial charge in [0.05, 0.1) is 11.9 Å². The summed E-state index contributed by atoms with van der Waals surface area (Å²) in [4.78, 5) is 18.7. The number of hydrogen-bond donors (Lipinski definition) is 0. The minimum atomic E-state index is -1.33. The fourth-order valence-corrected chi connectivity index (χ4v) is 3.15. The van der Waals surface area contributed by atoms with Gasteiger partial charge in [-0.3, -0.25) is 4.79 Å². The molecule has 0 unspecified atom stereocenters. The highest BCUT2D eigenvalue weighted by Crippen LogP contribution is 2.25. The third-order valence-electron chi connectivity index (χ3n) is 3.85. The van der Waals surface area contributed by atoms with Crippen LogP contribution in [0.5, 0.6) is 0 Å². The summed E-state index contributed by atoms with van der Waals surface area (Å²) in [6.07, 6.45) is 1.57. The zero-order chi connectivity index (χ0) is 17.4. The van der Waals surface area contributed by atoms with E-state index in [9.17, 15) is 18.0 Å². The lowest BCUT2D eigenvalue weighted by Gasteiger charge is -2.36. The monoisotopic (exact) mass is 403 g/mol. The van der Waals surface area contributed by atoms with Crippen molar-refractivity contribution in [2.24, 2.45) is 7.05 Å². The van der Waals surface area contributed by atoms with E-state index in [1.165, 1.54) is 9.58 Å². The molecule has 2 aromatic heterocycles. The lowest BCUT2D eigenvalue weighted by atomic mass is 10.2. The van der Waals surface area contributed by atoms with Gasteiger partial charge in [-0.2, -0.15) is 14.5 Å². The number of aryl methyl sites for hydroxylation is 1. The maximum atomic E-state index is 13.8. The molecule has 0 aromatic carbocycles. The second-order valence-corrected chi connectivity index (χ2v) is 6.11. The summed E-state index contributed by atoms with van der Waals surface area (Å²) >= 11 is 3.26. The molecular weight excluding hydrogens is 391 g/mol. The summed E-state index contributed by atoms with van der Waals surface area (Å²) in [7, 11) is 1.55. The van der Waals surface area contributed by atoms with Gasteiger partial charge in [-0.05, 0) is 15.9 Å². The van der Waals surface area contributed by atoms with Gasteiger partial charge in [0.15, 0.2) is 17.5 Å². The second kappa shape index (κ2) is 6.42. The molecule has 128 valence electrons. The number of nitrogens with zero attached hydrogens (tertiary/aromatic N) is 5. The first-order valence-corrected chi connectivity index (χ1v) is 7.91. The molecule has 24 heavy (non-hydrogen) atoms. The maximum absolute atomic E-state index is 13.8. The smallest absolute Gasteiger partial charge is 0.282 e. The van der Waals surface area contributed by atoms with Crippen molar-refractivity contribution in [3.8, 4) is 0 Å². The van der Waals surface area contributed by atoms with E-state index in [0.717, 1.165) is 0 Å². The zero-order valence-corrected chi connectivity index (χ0v) is 14.2. The van der Waals surface area contributed by atoms with Crippen LogP contribution in [0.4, 0.5) is 24.7 Å². The molecule has 0 spiro atoms. The first-order valence-electron chi connectivity index (χ1n) is 7.11. The maximum Gasteiger partial charge on any atom is 0.282 e. The number of halogens is 4. The molecule has 3 rings (SSSR count). The Kier molecular flexibility index (Phi) is 4.48. The molecule has 1 aliphatic heterocycles. The quantitative estimate of drug-likeness (QED) is 0.714. The molecule has 6 nitrogen and oxygen atoms in total. The summed E-state index contributed by atoms with van der Waals surface area (Å²) in [6.45, 7) is 1.59. The van der Waals surface area contributed by atoms with Crippen molar-refractivity contribution in [3.05, 3.63) is 44.7 Å². The predicted octanol–water partition coefficient (Wildman–Crippen LogP) is 1.68. The van der Waals surface area contributed by atoms with Crippen LogP contribution >= 0.6 is 15.9 Å². The van der Waals surface area contributed by atoms with E-state index in [1.807, 2.05) is 4.90 Å². The normalized spacial score (nSPS) is 15.0. The van der Waals surface area contributed by atoms with Gasteiger partial charge in [0, 0.05) is 39.3 Å². The largest absolute Gasteiger partial charge is 0.366 e. The first-order chi connectivity index (χ1) is 11.4. The first kappa shape index (κ1) is 16.7. The predicted molar refractivity (Wildman–Crippen MR) is 85.7 cm³/mol.